The summed E-state index contributed by atoms with van der Waals surface area (Å²) >= 11 is 0. The molecule has 1 aromatic carbocycles. The van der Waals surface area contributed by atoms with Crippen LogP contribution in [0.4, 0.5) is 0 Å². The molecule has 0 N–H and O–H groups in total. The highest BCUT2D eigenvalue weighted by atomic mass is 15.2. The molecule has 0 aliphatic carbocycles. The van der Waals surface area contributed by atoms with Crippen LogP contribution in [0.2, 0.25) is 0 Å². The van der Waals surface area contributed by atoms with Crippen LogP contribution in [0.15, 0.2) is 24.3 Å². The first-order valence-corrected chi connectivity index (χ1v) is 6.43. The van der Waals surface area contributed by atoms with Gasteiger partial charge in [-0.25, -0.2) is 0 Å². The molecule has 2 rings (SSSR count). The highest BCUT2D eigenvalue weighted by Gasteiger charge is 2.39. The summed E-state index contributed by atoms with van der Waals surface area (Å²) in [6, 6.07) is 10.1. The monoisotopic (exact) mass is 228 g/mol. The molecule has 1 fully saturated rings. The summed E-state index contributed by atoms with van der Waals surface area (Å²) < 4.78 is 0. The molecule has 0 spiro atoms. The van der Waals surface area contributed by atoms with Gasteiger partial charge < -0.3 is 0 Å². The summed E-state index contributed by atoms with van der Waals surface area (Å²) in [5, 5.41) is 8.86. The smallest absolute Gasteiger partial charge is 0.0991 e. The van der Waals surface area contributed by atoms with Crippen LogP contribution in [0.1, 0.15) is 37.8 Å². The second kappa shape index (κ2) is 4.89. The second-order valence-electron chi connectivity index (χ2n) is 5.16. The van der Waals surface area contributed by atoms with Crippen molar-refractivity contribution in [2.75, 3.05) is 13.1 Å². The standard InChI is InChI=1S/C15H20N2/c1-3-15(4-2)11-17(12-15)10-14-7-5-6-13(8-14)9-16/h5-8H,3-4,10-12H2,1-2H3. The molecule has 1 aromatic rings. The van der Waals surface area contributed by atoms with Gasteiger partial charge in [0.05, 0.1) is 11.6 Å². The van der Waals surface area contributed by atoms with Crippen molar-refractivity contribution >= 4 is 0 Å². The SMILES string of the molecule is CCC1(CC)CN(Cc2cccc(C#N)c2)C1. The first-order chi connectivity index (χ1) is 8.21. The van der Waals surface area contributed by atoms with Gasteiger partial charge in [0.25, 0.3) is 0 Å². The molecule has 0 bridgehead atoms. The molecule has 2 nitrogen and oxygen atoms in total. The van der Waals surface area contributed by atoms with Crippen LogP contribution >= 0.6 is 0 Å². The van der Waals surface area contributed by atoms with Crippen molar-refractivity contribution in [1.29, 1.82) is 5.26 Å². The Bertz CT molecular complexity index is 419. The van der Waals surface area contributed by atoms with Gasteiger partial charge in [-0.15, -0.1) is 0 Å². The maximum Gasteiger partial charge on any atom is 0.0991 e. The molecule has 1 heterocycles. The molecular weight excluding hydrogens is 208 g/mol. The molecule has 0 saturated carbocycles. The van der Waals surface area contributed by atoms with Crippen molar-refractivity contribution in [1.82, 2.24) is 4.90 Å². The fourth-order valence-corrected chi connectivity index (χ4v) is 2.71. The summed E-state index contributed by atoms with van der Waals surface area (Å²) in [6.45, 7) is 7.97. The highest BCUT2D eigenvalue weighted by Crippen LogP contribution is 2.37. The van der Waals surface area contributed by atoms with Gasteiger partial charge in [-0.05, 0) is 36.0 Å². The van der Waals surface area contributed by atoms with Crippen molar-refractivity contribution in [3.05, 3.63) is 35.4 Å². The Morgan fingerprint density at radius 2 is 2.00 bits per heavy atom. The van der Waals surface area contributed by atoms with Crippen LogP contribution in [0.3, 0.4) is 0 Å². The molecular formula is C15H20N2. The van der Waals surface area contributed by atoms with Crippen molar-refractivity contribution in [3.8, 4) is 6.07 Å². The van der Waals surface area contributed by atoms with Gasteiger partial charge >= 0.3 is 0 Å². The fourth-order valence-electron chi connectivity index (χ4n) is 2.71. The maximum atomic E-state index is 8.86. The predicted octanol–water partition coefficient (Wildman–Crippen LogP) is 3.18. The van der Waals surface area contributed by atoms with Gasteiger partial charge in [0.15, 0.2) is 0 Å². The minimum absolute atomic E-state index is 0.562. The summed E-state index contributed by atoms with van der Waals surface area (Å²) in [5.74, 6) is 0. The van der Waals surface area contributed by atoms with E-state index in [1.165, 1.54) is 31.5 Å². The highest BCUT2D eigenvalue weighted by molar-refractivity contribution is 5.32. The molecule has 1 aliphatic heterocycles. The van der Waals surface area contributed by atoms with Crippen LogP contribution in [0.25, 0.3) is 0 Å². The maximum absolute atomic E-state index is 8.86. The van der Waals surface area contributed by atoms with E-state index in [9.17, 15) is 0 Å². The molecule has 0 amide bonds. The Labute approximate surface area is 104 Å². The summed E-state index contributed by atoms with van der Waals surface area (Å²) in [6.07, 6.45) is 2.55. The summed E-state index contributed by atoms with van der Waals surface area (Å²) in [7, 11) is 0. The van der Waals surface area contributed by atoms with Crippen molar-refractivity contribution in [3.63, 3.8) is 0 Å². The van der Waals surface area contributed by atoms with Gasteiger partial charge in [0.1, 0.15) is 0 Å². The topological polar surface area (TPSA) is 27.0 Å². The molecule has 0 atom stereocenters. The normalized spacial score (nSPS) is 18.4. The van der Waals surface area contributed by atoms with E-state index in [4.69, 9.17) is 5.26 Å². The molecule has 2 heteroatoms. The third-order valence-corrected chi connectivity index (χ3v) is 4.08. The number of nitriles is 1. The molecule has 90 valence electrons. The summed E-state index contributed by atoms with van der Waals surface area (Å²) in [5.41, 5.74) is 2.58. The zero-order valence-electron chi connectivity index (χ0n) is 10.7. The molecule has 0 unspecified atom stereocenters. The van der Waals surface area contributed by atoms with Crippen LogP contribution in [0, 0.1) is 16.7 Å². The van der Waals surface area contributed by atoms with E-state index >= 15 is 0 Å². The van der Waals surface area contributed by atoms with Gasteiger partial charge in [-0.1, -0.05) is 26.0 Å². The van der Waals surface area contributed by atoms with Gasteiger partial charge in [0.2, 0.25) is 0 Å². The van der Waals surface area contributed by atoms with E-state index < -0.39 is 0 Å². The van der Waals surface area contributed by atoms with E-state index in [-0.39, 0.29) is 0 Å². The van der Waals surface area contributed by atoms with Gasteiger partial charge in [-0.3, -0.25) is 4.90 Å². The lowest BCUT2D eigenvalue weighted by atomic mass is 9.75. The molecule has 0 aromatic heterocycles. The Hall–Kier alpha value is -1.33. The van der Waals surface area contributed by atoms with E-state index in [0.29, 0.717) is 5.41 Å². The van der Waals surface area contributed by atoms with Crippen molar-refractivity contribution < 1.29 is 0 Å². The largest absolute Gasteiger partial charge is 0.298 e. The minimum atomic E-state index is 0.562. The Morgan fingerprint density at radius 1 is 1.29 bits per heavy atom. The van der Waals surface area contributed by atoms with E-state index in [2.05, 4.69) is 30.9 Å². The van der Waals surface area contributed by atoms with E-state index in [0.717, 1.165) is 12.1 Å². The van der Waals surface area contributed by atoms with Gasteiger partial charge in [-0.2, -0.15) is 5.26 Å². The fraction of sp³-hybridized carbons (Fsp3) is 0.533. The minimum Gasteiger partial charge on any atom is -0.298 e. The third-order valence-electron chi connectivity index (χ3n) is 4.08. The quantitative estimate of drug-likeness (QED) is 0.791. The number of nitrogens with zero attached hydrogens (tertiary/aromatic N) is 2. The molecule has 1 saturated heterocycles. The number of likely N-dealkylation sites (tertiary alicyclic amines) is 1. The Morgan fingerprint density at radius 3 is 2.59 bits per heavy atom. The summed E-state index contributed by atoms with van der Waals surface area (Å²) in [4.78, 5) is 2.48. The van der Waals surface area contributed by atoms with Gasteiger partial charge in [0, 0.05) is 19.6 Å². The average Bonchev–Trinajstić information content (AvgIpc) is 2.33. The molecule has 1 aliphatic rings. The van der Waals surface area contributed by atoms with Crippen molar-refractivity contribution in [2.24, 2.45) is 5.41 Å². The van der Waals surface area contributed by atoms with E-state index in [1.807, 2.05) is 18.2 Å². The van der Waals surface area contributed by atoms with Crippen LogP contribution in [-0.4, -0.2) is 18.0 Å². The zero-order valence-corrected chi connectivity index (χ0v) is 10.7. The van der Waals surface area contributed by atoms with Crippen LogP contribution < -0.4 is 0 Å². The molecule has 17 heavy (non-hydrogen) atoms. The first kappa shape index (κ1) is 12.1. The lowest BCUT2D eigenvalue weighted by molar-refractivity contribution is -0.0120. The van der Waals surface area contributed by atoms with Crippen molar-refractivity contribution in [2.45, 2.75) is 33.2 Å². The zero-order chi connectivity index (χ0) is 12.3. The van der Waals surface area contributed by atoms with E-state index in [1.54, 1.807) is 0 Å². The van der Waals surface area contributed by atoms with Crippen LogP contribution in [-0.2, 0) is 6.54 Å². The lowest BCUT2D eigenvalue weighted by Crippen LogP contribution is -2.54. The predicted molar refractivity (Wildman–Crippen MR) is 69.4 cm³/mol. The molecule has 0 radical (unpaired) electrons. The average molecular weight is 228 g/mol. The Kier molecular flexibility index (Phi) is 3.49. The Balaban J connectivity index is 1.94. The first-order valence-electron chi connectivity index (χ1n) is 6.43. The number of hydrogen-bond donors (Lipinski definition) is 0. The number of rotatable bonds is 4. The lowest BCUT2D eigenvalue weighted by Gasteiger charge is -2.50. The number of benzene rings is 1. The third kappa shape index (κ3) is 2.50. The van der Waals surface area contributed by atoms with Crippen LogP contribution in [0.5, 0.6) is 0 Å². The number of hydrogen-bond acceptors (Lipinski definition) is 2. The second-order valence-corrected chi connectivity index (χ2v) is 5.16.